The molecule has 0 spiro atoms. The number of hydrogen-bond acceptors (Lipinski definition) is 5. The van der Waals surface area contributed by atoms with Crippen LogP contribution in [0.2, 0.25) is 0 Å². The van der Waals surface area contributed by atoms with E-state index in [2.05, 4.69) is 74.7 Å². The predicted molar refractivity (Wildman–Crippen MR) is 269 cm³/mol. The Hall–Kier alpha value is -2.18. The van der Waals surface area contributed by atoms with Crippen LogP contribution in [-0.2, 0) is 14.3 Å². The first-order valence-corrected chi connectivity index (χ1v) is 26.9. The highest BCUT2D eigenvalue weighted by Gasteiger charge is 2.24. The Balaban J connectivity index is 4.56. The average Bonchev–Trinajstić information content (AvgIpc) is 3.26. The molecule has 0 rings (SSSR count). The highest BCUT2D eigenvalue weighted by Crippen LogP contribution is 2.17. The summed E-state index contributed by atoms with van der Waals surface area (Å²) in [6.45, 7) is 6.45. The smallest absolute Gasteiger partial charge is 0.306 e. The zero-order valence-corrected chi connectivity index (χ0v) is 41.3. The third-order valence-electron chi connectivity index (χ3n) is 12.1. The summed E-state index contributed by atoms with van der Waals surface area (Å²) in [5.74, 6) is -0.512. The Kier molecular flexibility index (Phi) is 48.1. The van der Waals surface area contributed by atoms with Crippen molar-refractivity contribution < 1.29 is 24.5 Å². The Morgan fingerprint density at radius 2 is 0.839 bits per heavy atom. The van der Waals surface area contributed by atoms with Crippen LogP contribution in [0.1, 0.15) is 271 Å². The highest BCUT2D eigenvalue weighted by atomic mass is 16.5. The summed E-state index contributed by atoms with van der Waals surface area (Å²) in [7, 11) is 0. The molecule has 6 heteroatoms. The minimum Gasteiger partial charge on any atom is -0.462 e. The van der Waals surface area contributed by atoms with E-state index in [1.165, 1.54) is 148 Å². The fourth-order valence-electron chi connectivity index (χ4n) is 8.03. The van der Waals surface area contributed by atoms with Crippen LogP contribution in [0.15, 0.2) is 48.6 Å². The van der Waals surface area contributed by atoms with Crippen molar-refractivity contribution in [2.45, 2.75) is 289 Å². The van der Waals surface area contributed by atoms with Gasteiger partial charge in [-0.25, -0.2) is 0 Å². The number of allylic oxidation sites excluding steroid dienone is 8. The topological polar surface area (TPSA) is 95.9 Å². The van der Waals surface area contributed by atoms with E-state index in [0.717, 1.165) is 77.0 Å². The lowest BCUT2D eigenvalue weighted by Gasteiger charge is -2.24. The van der Waals surface area contributed by atoms with Crippen molar-refractivity contribution in [2.75, 3.05) is 6.61 Å². The predicted octanol–water partition coefficient (Wildman–Crippen LogP) is 16.2. The summed E-state index contributed by atoms with van der Waals surface area (Å²) in [6.07, 6.45) is 60.3. The van der Waals surface area contributed by atoms with Crippen LogP contribution in [0.3, 0.4) is 0 Å². The van der Waals surface area contributed by atoms with Gasteiger partial charge in [-0.3, -0.25) is 9.59 Å². The van der Waals surface area contributed by atoms with Crippen LogP contribution < -0.4 is 5.32 Å². The van der Waals surface area contributed by atoms with Crippen molar-refractivity contribution >= 4 is 11.9 Å². The number of unbranched alkanes of at least 4 members (excludes halogenated alkanes) is 28. The summed E-state index contributed by atoms with van der Waals surface area (Å²) < 4.78 is 5.92. The monoisotopic (exact) mass is 870 g/mol. The number of carbonyl (C=O) groups excluding carboxylic acids is 2. The molecule has 62 heavy (non-hydrogen) atoms. The summed E-state index contributed by atoms with van der Waals surface area (Å²) >= 11 is 0. The second-order valence-electron chi connectivity index (χ2n) is 18.3. The van der Waals surface area contributed by atoms with Gasteiger partial charge in [0, 0.05) is 6.42 Å². The maximum Gasteiger partial charge on any atom is 0.306 e. The van der Waals surface area contributed by atoms with Gasteiger partial charge in [0.1, 0.15) is 6.10 Å². The zero-order valence-electron chi connectivity index (χ0n) is 41.3. The van der Waals surface area contributed by atoms with E-state index in [-0.39, 0.29) is 24.9 Å². The number of carbonyl (C=O) groups is 2. The van der Waals surface area contributed by atoms with Gasteiger partial charge >= 0.3 is 5.97 Å². The number of nitrogens with one attached hydrogen (secondary N) is 1. The van der Waals surface area contributed by atoms with E-state index in [0.29, 0.717) is 19.3 Å². The molecule has 0 aromatic heterocycles. The van der Waals surface area contributed by atoms with Gasteiger partial charge in [0.25, 0.3) is 0 Å². The van der Waals surface area contributed by atoms with Gasteiger partial charge in [0.05, 0.1) is 25.2 Å². The number of amides is 1. The van der Waals surface area contributed by atoms with Gasteiger partial charge in [-0.1, -0.05) is 223 Å². The molecule has 0 fully saturated rings. The number of esters is 1. The second-order valence-corrected chi connectivity index (χ2v) is 18.3. The van der Waals surface area contributed by atoms with Crippen LogP contribution in [-0.4, -0.2) is 46.9 Å². The van der Waals surface area contributed by atoms with Crippen LogP contribution in [0.25, 0.3) is 0 Å². The first-order chi connectivity index (χ1) is 30.5. The standard InChI is InChI=1S/C56H103NO5/c1-4-7-10-13-16-19-22-25-26-27-28-29-30-31-34-37-40-43-46-49-56(61)62-52(47-44-41-38-35-32-23-20-17-14-11-8-5-2)50-55(60)57-53(51-58)54(59)48-45-42-39-36-33-24-21-18-15-12-9-6-3/h16,19,25-26,28-29,35,38,52-54,58-59H,4-15,17-18,20-24,27,30-34,36-37,39-51H2,1-3H3,(H,57,60)/b19-16-,26-25-,29-28-,38-35-. The van der Waals surface area contributed by atoms with Crippen molar-refractivity contribution in [3.63, 3.8) is 0 Å². The second kappa shape index (κ2) is 49.8. The first kappa shape index (κ1) is 59.8. The van der Waals surface area contributed by atoms with E-state index >= 15 is 0 Å². The van der Waals surface area contributed by atoms with E-state index in [4.69, 9.17) is 4.74 Å². The van der Waals surface area contributed by atoms with Crippen LogP contribution in [0.5, 0.6) is 0 Å². The number of hydrogen-bond donors (Lipinski definition) is 3. The normalized spacial score (nSPS) is 13.6. The van der Waals surface area contributed by atoms with Crippen molar-refractivity contribution in [1.82, 2.24) is 5.32 Å². The number of aliphatic hydroxyl groups excluding tert-OH is 2. The molecular formula is C56H103NO5. The quantitative estimate of drug-likeness (QED) is 0.0322. The summed E-state index contributed by atoms with van der Waals surface area (Å²) in [4.78, 5) is 26.1. The lowest BCUT2D eigenvalue weighted by atomic mass is 10.0. The molecule has 0 aliphatic rings. The summed E-state index contributed by atoms with van der Waals surface area (Å²) in [5.41, 5.74) is 0. The van der Waals surface area contributed by atoms with E-state index in [1.54, 1.807) is 0 Å². The van der Waals surface area contributed by atoms with E-state index in [9.17, 15) is 19.8 Å². The maximum atomic E-state index is 13.2. The molecule has 0 heterocycles. The minimum atomic E-state index is -0.796. The lowest BCUT2D eigenvalue weighted by molar-refractivity contribution is -0.151. The van der Waals surface area contributed by atoms with Gasteiger partial charge in [0.2, 0.25) is 5.91 Å². The molecule has 0 radical (unpaired) electrons. The van der Waals surface area contributed by atoms with Crippen LogP contribution >= 0.6 is 0 Å². The fourth-order valence-corrected chi connectivity index (χ4v) is 8.03. The molecule has 0 saturated carbocycles. The van der Waals surface area contributed by atoms with E-state index in [1.807, 2.05) is 0 Å². The largest absolute Gasteiger partial charge is 0.462 e. The molecule has 6 nitrogen and oxygen atoms in total. The molecule has 0 aliphatic heterocycles. The van der Waals surface area contributed by atoms with Gasteiger partial charge in [-0.2, -0.15) is 0 Å². The summed E-state index contributed by atoms with van der Waals surface area (Å²) in [6, 6.07) is -0.711. The third kappa shape index (κ3) is 44.4. The number of aliphatic hydroxyl groups is 2. The van der Waals surface area contributed by atoms with Crippen molar-refractivity contribution in [1.29, 1.82) is 0 Å². The zero-order chi connectivity index (χ0) is 45.2. The number of rotatable bonds is 48. The Labute approximate surface area is 385 Å². The Bertz CT molecular complexity index is 1070. The molecule has 1 amide bonds. The molecular weight excluding hydrogens is 767 g/mol. The molecule has 3 N–H and O–H groups in total. The first-order valence-electron chi connectivity index (χ1n) is 26.9. The Morgan fingerprint density at radius 1 is 0.468 bits per heavy atom. The van der Waals surface area contributed by atoms with Gasteiger partial charge in [0.15, 0.2) is 0 Å². The van der Waals surface area contributed by atoms with Crippen molar-refractivity contribution in [3.05, 3.63) is 48.6 Å². The number of ether oxygens (including phenoxy) is 1. The van der Waals surface area contributed by atoms with Crippen molar-refractivity contribution in [2.24, 2.45) is 0 Å². The fraction of sp³-hybridized carbons (Fsp3) is 0.821. The highest BCUT2D eigenvalue weighted by molar-refractivity contribution is 5.77. The molecule has 362 valence electrons. The molecule has 3 unspecified atom stereocenters. The third-order valence-corrected chi connectivity index (χ3v) is 12.1. The molecule has 3 atom stereocenters. The van der Waals surface area contributed by atoms with Gasteiger partial charge in [-0.05, 0) is 83.5 Å². The van der Waals surface area contributed by atoms with Gasteiger partial charge in [-0.15, -0.1) is 0 Å². The molecule has 0 saturated heterocycles. The average molecular weight is 870 g/mol. The molecule has 0 aromatic rings. The maximum absolute atomic E-state index is 13.2. The lowest BCUT2D eigenvalue weighted by Crippen LogP contribution is -2.46. The van der Waals surface area contributed by atoms with Crippen LogP contribution in [0, 0.1) is 0 Å². The molecule has 0 aliphatic carbocycles. The van der Waals surface area contributed by atoms with Crippen LogP contribution in [0.4, 0.5) is 0 Å². The molecule has 0 aromatic carbocycles. The summed E-state index contributed by atoms with van der Waals surface area (Å²) in [5, 5.41) is 23.8. The van der Waals surface area contributed by atoms with Gasteiger partial charge < -0.3 is 20.3 Å². The van der Waals surface area contributed by atoms with Crippen molar-refractivity contribution in [3.8, 4) is 0 Å². The minimum absolute atomic E-state index is 0.0522. The van der Waals surface area contributed by atoms with E-state index < -0.39 is 18.2 Å². The molecule has 0 bridgehead atoms. The Morgan fingerprint density at radius 3 is 1.32 bits per heavy atom. The SMILES string of the molecule is CCCCC/C=C\C/C=C\C/C=C\CCCCCCCCC(=O)OC(CCC/C=C\CCCCCCCCC)CC(=O)NC(CO)C(O)CCCCCCCCCCCCCC.